The number of rotatable bonds is 12. The Bertz CT molecular complexity index is 1190. The number of carbonyl (C=O) groups is 4. The molecule has 3 heterocycles. The van der Waals surface area contributed by atoms with Crippen LogP contribution < -0.4 is 0 Å². The summed E-state index contributed by atoms with van der Waals surface area (Å²) in [6.07, 6.45) is -14.1. The van der Waals surface area contributed by atoms with Crippen molar-refractivity contribution in [2.45, 2.75) is 115 Å². The number of esters is 3. The van der Waals surface area contributed by atoms with Crippen LogP contribution in [0.15, 0.2) is 11.8 Å². The van der Waals surface area contributed by atoms with Crippen molar-refractivity contribution < 1.29 is 82.6 Å². The van der Waals surface area contributed by atoms with Gasteiger partial charge in [0.15, 0.2) is 30.6 Å². The van der Waals surface area contributed by atoms with Gasteiger partial charge in [0, 0.05) is 38.7 Å². The Kier molecular flexibility index (Phi) is 12.9. The Balaban J connectivity index is 1.54. The normalized spacial score (nSPS) is 39.6. The summed E-state index contributed by atoms with van der Waals surface area (Å²) in [6.45, 7) is 6.04. The van der Waals surface area contributed by atoms with Crippen LogP contribution >= 0.6 is 0 Å². The van der Waals surface area contributed by atoms with Crippen LogP contribution in [-0.4, -0.2) is 137 Å². The van der Waals surface area contributed by atoms with Crippen LogP contribution in [-0.2, 0) is 57.1 Å². The van der Waals surface area contributed by atoms with Crippen molar-refractivity contribution >= 4 is 23.7 Å². The molecule has 5 N–H and O–H groups in total. The molecule has 0 spiro atoms. The smallest absolute Gasteiger partial charge is 0.309 e. The highest BCUT2D eigenvalue weighted by molar-refractivity contribution is 5.89. The van der Waals surface area contributed by atoms with Crippen molar-refractivity contribution in [2.24, 2.45) is 23.7 Å². The quantitative estimate of drug-likeness (QED) is 0.115. The molecule has 1 saturated carbocycles. The number of aliphatic hydroxyl groups excluding tert-OH is 5. The minimum atomic E-state index is -1.84. The summed E-state index contributed by atoms with van der Waals surface area (Å²) < 4.78 is 45.0. The van der Waals surface area contributed by atoms with E-state index in [4.69, 9.17) is 37.9 Å². The van der Waals surface area contributed by atoms with E-state index in [1.807, 2.05) is 13.8 Å². The van der Waals surface area contributed by atoms with Crippen LogP contribution in [0.25, 0.3) is 0 Å². The van der Waals surface area contributed by atoms with Gasteiger partial charge < -0.3 is 63.4 Å². The summed E-state index contributed by atoms with van der Waals surface area (Å²) >= 11 is 0. The molecular weight excluding hydrogens is 644 g/mol. The van der Waals surface area contributed by atoms with Crippen LogP contribution in [0.5, 0.6) is 0 Å². The molecule has 14 atom stereocenters. The zero-order valence-electron chi connectivity index (χ0n) is 27.4. The van der Waals surface area contributed by atoms with Crippen molar-refractivity contribution in [1.29, 1.82) is 0 Å². The van der Waals surface area contributed by atoms with E-state index in [1.54, 1.807) is 0 Å². The average molecular weight is 691 g/mol. The van der Waals surface area contributed by atoms with Crippen molar-refractivity contribution in [3.8, 4) is 0 Å². The van der Waals surface area contributed by atoms with Gasteiger partial charge in [-0.1, -0.05) is 13.8 Å². The number of aliphatic hydroxyl groups is 5. The van der Waals surface area contributed by atoms with Crippen molar-refractivity contribution in [2.75, 3.05) is 19.8 Å². The highest BCUT2D eigenvalue weighted by Gasteiger charge is 2.55. The van der Waals surface area contributed by atoms with Gasteiger partial charge in [0.1, 0.15) is 30.5 Å². The van der Waals surface area contributed by atoms with Crippen LogP contribution in [0, 0.1) is 23.7 Å². The maximum atomic E-state index is 13.3. The molecule has 1 aliphatic carbocycles. The molecule has 2 saturated heterocycles. The second kappa shape index (κ2) is 16.3. The Labute approximate surface area is 277 Å². The van der Waals surface area contributed by atoms with Crippen molar-refractivity contribution in [3.63, 3.8) is 0 Å². The Hall–Kier alpha value is -2.74. The first-order valence-electron chi connectivity index (χ1n) is 15.9. The standard InChI is InChI=1S/C31H46O17/c1-12(2)6-21(36)47-29-22-17(7-19(18(22)8-32)44-14(4)34)16(10-41-29)11-42-31-28(24(38)23(37)20(9-33)46-31)48-30-26(40)25(39)27(13(3)43-30)45-15(5)35/h10,12-13,17-20,22-23,25-33,37,39-40H,6-9,11H2,1-5H3/t13-,17+,18-,19-,20+,22-,23+,25-,26+,27-,28+,29-,30-,31+/m0/s1. The molecule has 0 aromatic heterocycles. The summed E-state index contributed by atoms with van der Waals surface area (Å²) in [5, 5.41) is 51.9. The van der Waals surface area contributed by atoms with E-state index in [0.29, 0.717) is 5.57 Å². The SMILES string of the molecule is CC(=O)O[C@@H]1[C@@H](O)[C@@H](O)[C@H](O[C@@H]2C(=O)[C@H](O)[C@@H](CO)O[C@H]2OCC2=CO[C@@H](OC(=O)CC(C)C)[C@@H]3[C@@H](CO)[C@@H](OC(C)=O)C[C@H]23)O[C@H]1C. The Morgan fingerprint density at radius 3 is 2.23 bits per heavy atom. The molecule has 0 aromatic carbocycles. The van der Waals surface area contributed by atoms with E-state index in [9.17, 15) is 44.7 Å². The summed E-state index contributed by atoms with van der Waals surface area (Å²) in [5.74, 6) is -4.56. The molecule has 0 bridgehead atoms. The van der Waals surface area contributed by atoms with Crippen LogP contribution in [0.1, 0.15) is 47.5 Å². The molecule has 0 amide bonds. The zero-order valence-corrected chi connectivity index (χ0v) is 27.4. The number of carbonyl (C=O) groups excluding carboxylic acids is 4. The molecule has 3 aliphatic heterocycles. The zero-order chi connectivity index (χ0) is 35.4. The molecule has 48 heavy (non-hydrogen) atoms. The Morgan fingerprint density at radius 2 is 1.62 bits per heavy atom. The average Bonchev–Trinajstić information content (AvgIpc) is 3.37. The second-order valence-electron chi connectivity index (χ2n) is 12.9. The molecule has 272 valence electrons. The molecule has 17 heteroatoms. The maximum Gasteiger partial charge on any atom is 0.309 e. The summed E-state index contributed by atoms with van der Waals surface area (Å²) in [6, 6.07) is 0. The fraction of sp³-hybridized carbons (Fsp3) is 0.806. The van der Waals surface area contributed by atoms with E-state index < -0.39 is 122 Å². The third-order valence-electron chi connectivity index (χ3n) is 8.85. The van der Waals surface area contributed by atoms with Gasteiger partial charge in [0.05, 0.1) is 25.6 Å². The number of hydrogen-bond acceptors (Lipinski definition) is 17. The lowest BCUT2D eigenvalue weighted by Gasteiger charge is -2.44. The molecule has 0 aromatic rings. The largest absolute Gasteiger partial charge is 0.462 e. The molecule has 4 rings (SSSR count). The summed E-state index contributed by atoms with van der Waals surface area (Å²) in [5.41, 5.74) is 0.466. The number of Topliss-reactive ketones (excluding diaryl/α,β-unsaturated/α-hetero) is 1. The van der Waals surface area contributed by atoms with Crippen LogP contribution in [0.3, 0.4) is 0 Å². The van der Waals surface area contributed by atoms with Gasteiger partial charge in [-0.3, -0.25) is 19.2 Å². The Morgan fingerprint density at radius 1 is 0.938 bits per heavy atom. The van der Waals surface area contributed by atoms with Gasteiger partial charge >= 0.3 is 17.9 Å². The predicted molar refractivity (Wildman–Crippen MR) is 156 cm³/mol. The van der Waals surface area contributed by atoms with E-state index in [2.05, 4.69) is 0 Å². The van der Waals surface area contributed by atoms with Crippen LogP contribution in [0.4, 0.5) is 0 Å². The highest BCUT2D eigenvalue weighted by Crippen LogP contribution is 2.48. The lowest BCUT2D eigenvalue weighted by molar-refractivity contribution is -0.334. The van der Waals surface area contributed by atoms with Gasteiger partial charge in [-0.15, -0.1) is 0 Å². The summed E-state index contributed by atoms with van der Waals surface area (Å²) in [4.78, 5) is 49.2. The monoisotopic (exact) mass is 690 g/mol. The molecule has 0 radical (unpaired) electrons. The van der Waals surface area contributed by atoms with E-state index in [0.717, 1.165) is 6.92 Å². The minimum Gasteiger partial charge on any atom is -0.462 e. The second-order valence-corrected chi connectivity index (χ2v) is 12.9. The predicted octanol–water partition coefficient (Wildman–Crippen LogP) is -1.56. The first-order valence-corrected chi connectivity index (χ1v) is 15.9. The van der Waals surface area contributed by atoms with Gasteiger partial charge in [-0.2, -0.15) is 0 Å². The molecule has 3 fully saturated rings. The molecule has 0 unspecified atom stereocenters. The number of fused-ring (bicyclic) bond motifs is 1. The number of ether oxygens (including phenoxy) is 8. The molecular formula is C31H46O17. The highest BCUT2D eigenvalue weighted by atomic mass is 16.8. The number of hydrogen-bond donors (Lipinski definition) is 5. The summed E-state index contributed by atoms with van der Waals surface area (Å²) in [7, 11) is 0. The third kappa shape index (κ3) is 8.51. The van der Waals surface area contributed by atoms with Crippen molar-refractivity contribution in [3.05, 3.63) is 11.8 Å². The molecule has 17 nitrogen and oxygen atoms in total. The lowest BCUT2D eigenvalue weighted by atomic mass is 9.83. The van der Waals surface area contributed by atoms with Gasteiger partial charge in [0.2, 0.25) is 6.29 Å². The molecule has 4 aliphatic rings. The van der Waals surface area contributed by atoms with Gasteiger partial charge in [-0.05, 0) is 30.8 Å². The van der Waals surface area contributed by atoms with Crippen molar-refractivity contribution in [1.82, 2.24) is 0 Å². The minimum absolute atomic E-state index is 0.0129. The maximum absolute atomic E-state index is 13.3. The van der Waals surface area contributed by atoms with E-state index in [1.165, 1.54) is 20.1 Å². The van der Waals surface area contributed by atoms with Crippen LogP contribution in [0.2, 0.25) is 0 Å². The topological polar surface area (TPSA) is 243 Å². The third-order valence-corrected chi connectivity index (χ3v) is 8.85. The first kappa shape index (κ1) is 38.1. The fourth-order valence-corrected chi connectivity index (χ4v) is 6.60. The lowest BCUT2D eigenvalue weighted by Crippen LogP contribution is -2.63. The number of ketones is 1. The fourth-order valence-electron chi connectivity index (χ4n) is 6.60. The van der Waals surface area contributed by atoms with Gasteiger partial charge in [-0.25, -0.2) is 0 Å². The van der Waals surface area contributed by atoms with Gasteiger partial charge in [0.25, 0.3) is 0 Å². The van der Waals surface area contributed by atoms with E-state index in [-0.39, 0.29) is 25.4 Å². The first-order chi connectivity index (χ1) is 22.7. The van der Waals surface area contributed by atoms with E-state index >= 15 is 0 Å².